The van der Waals surface area contributed by atoms with Crippen molar-refractivity contribution in [2.45, 2.75) is 32.9 Å². The van der Waals surface area contributed by atoms with Crippen molar-refractivity contribution in [3.05, 3.63) is 54.1 Å². The minimum absolute atomic E-state index is 0.00644. The van der Waals surface area contributed by atoms with Crippen molar-refractivity contribution in [3.8, 4) is 11.5 Å². The smallest absolute Gasteiger partial charge is 0.229 e. The molecule has 0 aliphatic rings. The van der Waals surface area contributed by atoms with Gasteiger partial charge in [0.1, 0.15) is 11.5 Å². The van der Waals surface area contributed by atoms with Gasteiger partial charge < -0.3 is 20.5 Å². The minimum atomic E-state index is -0.402. The molecule has 0 saturated heterocycles. The van der Waals surface area contributed by atoms with Crippen LogP contribution in [0.3, 0.4) is 0 Å². The largest absolute Gasteiger partial charge is 0.497 e. The minimum Gasteiger partial charge on any atom is -0.497 e. The summed E-state index contributed by atoms with van der Waals surface area (Å²) in [6.07, 6.45) is -0.00644. The van der Waals surface area contributed by atoms with Crippen LogP contribution in [-0.4, -0.2) is 19.1 Å². The summed E-state index contributed by atoms with van der Waals surface area (Å²) in [6.45, 7) is 5.68. The third-order valence-corrected chi connectivity index (χ3v) is 3.94. The predicted molar refractivity (Wildman–Crippen MR) is 99.9 cm³/mol. The van der Waals surface area contributed by atoms with Gasteiger partial charge in [0.2, 0.25) is 5.91 Å². The first-order chi connectivity index (χ1) is 11.9. The van der Waals surface area contributed by atoms with Crippen LogP contribution in [0, 0.1) is 5.92 Å². The fraction of sp³-hybridized carbons (Fsp3) is 0.350. The maximum atomic E-state index is 12.7. The highest BCUT2D eigenvalue weighted by molar-refractivity contribution is 5.94. The number of carbonyl (C=O) groups is 1. The maximum absolute atomic E-state index is 12.7. The van der Waals surface area contributed by atoms with E-state index in [1.165, 1.54) is 0 Å². The molecule has 5 nitrogen and oxygen atoms in total. The lowest BCUT2D eigenvalue weighted by Gasteiger charge is -2.21. The van der Waals surface area contributed by atoms with Gasteiger partial charge in [-0.3, -0.25) is 4.79 Å². The molecule has 0 aliphatic carbocycles. The Kier molecular flexibility index (Phi) is 6.42. The molecule has 2 unspecified atom stereocenters. The van der Waals surface area contributed by atoms with Crippen LogP contribution in [0.15, 0.2) is 48.5 Å². The molecule has 0 spiro atoms. The van der Waals surface area contributed by atoms with Crippen molar-refractivity contribution in [1.29, 1.82) is 0 Å². The summed E-state index contributed by atoms with van der Waals surface area (Å²) >= 11 is 0. The van der Waals surface area contributed by atoms with Gasteiger partial charge in [0.15, 0.2) is 0 Å². The Morgan fingerprint density at radius 1 is 1.08 bits per heavy atom. The van der Waals surface area contributed by atoms with Crippen molar-refractivity contribution >= 4 is 11.6 Å². The molecule has 5 heteroatoms. The molecule has 2 aromatic carbocycles. The zero-order chi connectivity index (χ0) is 18.4. The molecule has 2 aromatic rings. The van der Waals surface area contributed by atoms with Crippen LogP contribution in [0.1, 0.15) is 32.4 Å². The number of hydrogen-bond acceptors (Lipinski definition) is 4. The van der Waals surface area contributed by atoms with E-state index >= 15 is 0 Å². The SMILES string of the molecule is COc1ccc(OC(C)C)c(NC(=O)C(C)C(N)c2ccccc2)c1. The molecule has 2 atom stereocenters. The number of nitrogens with two attached hydrogens (primary N) is 1. The topological polar surface area (TPSA) is 73.6 Å². The third-order valence-electron chi connectivity index (χ3n) is 3.94. The van der Waals surface area contributed by atoms with Crippen molar-refractivity contribution < 1.29 is 14.3 Å². The van der Waals surface area contributed by atoms with E-state index in [0.717, 1.165) is 5.56 Å². The van der Waals surface area contributed by atoms with Gasteiger partial charge in [-0.25, -0.2) is 0 Å². The zero-order valence-electron chi connectivity index (χ0n) is 15.2. The molecule has 0 heterocycles. The fourth-order valence-corrected chi connectivity index (χ4v) is 2.46. The van der Waals surface area contributed by atoms with E-state index in [2.05, 4.69) is 5.32 Å². The molecule has 0 aromatic heterocycles. The molecular weight excluding hydrogens is 316 g/mol. The molecule has 2 rings (SSSR count). The highest BCUT2D eigenvalue weighted by atomic mass is 16.5. The Bertz CT molecular complexity index is 701. The van der Waals surface area contributed by atoms with Gasteiger partial charge in [-0.05, 0) is 31.5 Å². The van der Waals surface area contributed by atoms with Crippen LogP contribution in [0.25, 0.3) is 0 Å². The maximum Gasteiger partial charge on any atom is 0.229 e. The molecule has 3 N–H and O–H groups in total. The molecule has 134 valence electrons. The number of benzene rings is 2. The average molecular weight is 342 g/mol. The number of rotatable bonds is 7. The highest BCUT2D eigenvalue weighted by Crippen LogP contribution is 2.31. The first kappa shape index (κ1) is 18.8. The summed E-state index contributed by atoms with van der Waals surface area (Å²) in [5.41, 5.74) is 7.75. The summed E-state index contributed by atoms with van der Waals surface area (Å²) < 4.78 is 11.0. The first-order valence-corrected chi connectivity index (χ1v) is 8.38. The molecule has 0 fully saturated rings. The third kappa shape index (κ3) is 4.97. The summed E-state index contributed by atoms with van der Waals surface area (Å²) in [4.78, 5) is 12.7. The normalized spacial score (nSPS) is 13.2. The van der Waals surface area contributed by atoms with Crippen molar-refractivity contribution in [2.75, 3.05) is 12.4 Å². The van der Waals surface area contributed by atoms with Crippen LogP contribution in [0.2, 0.25) is 0 Å². The zero-order valence-corrected chi connectivity index (χ0v) is 15.2. The second-order valence-electron chi connectivity index (χ2n) is 6.24. The van der Waals surface area contributed by atoms with E-state index in [0.29, 0.717) is 17.2 Å². The van der Waals surface area contributed by atoms with E-state index in [1.807, 2.05) is 51.1 Å². The second kappa shape index (κ2) is 8.53. The summed E-state index contributed by atoms with van der Waals surface area (Å²) in [6, 6.07) is 14.5. The lowest BCUT2D eigenvalue weighted by atomic mass is 9.94. The van der Waals surface area contributed by atoms with E-state index in [9.17, 15) is 4.79 Å². The van der Waals surface area contributed by atoms with Gasteiger partial charge >= 0.3 is 0 Å². The molecule has 0 radical (unpaired) electrons. The highest BCUT2D eigenvalue weighted by Gasteiger charge is 2.23. The lowest BCUT2D eigenvalue weighted by Crippen LogP contribution is -2.30. The monoisotopic (exact) mass is 342 g/mol. The van der Waals surface area contributed by atoms with Crippen molar-refractivity contribution in [2.24, 2.45) is 11.7 Å². The van der Waals surface area contributed by atoms with Crippen molar-refractivity contribution in [1.82, 2.24) is 0 Å². The van der Waals surface area contributed by atoms with E-state index < -0.39 is 5.92 Å². The van der Waals surface area contributed by atoms with Gasteiger partial charge in [0.25, 0.3) is 0 Å². The van der Waals surface area contributed by atoms with Gasteiger partial charge in [0.05, 0.1) is 24.8 Å². The number of nitrogens with one attached hydrogen (secondary N) is 1. The Morgan fingerprint density at radius 3 is 2.36 bits per heavy atom. The number of methoxy groups -OCH3 is 1. The fourth-order valence-electron chi connectivity index (χ4n) is 2.46. The van der Waals surface area contributed by atoms with Gasteiger partial charge in [0, 0.05) is 12.1 Å². The molecular formula is C20H26N2O3. The Hall–Kier alpha value is -2.53. The number of carbonyl (C=O) groups excluding carboxylic acids is 1. The van der Waals surface area contributed by atoms with Gasteiger partial charge in [-0.1, -0.05) is 37.3 Å². The second-order valence-corrected chi connectivity index (χ2v) is 6.24. The molecule has 0 saturated carbocycles. The number of amides is 1. The quantitative estimate of drug-likeness (QED) is 0.803. The van der Waals surface area contributed by atoms with E-state index in [4.69, 9.17) is 15.2 Å². The van der Waals surface area contributed by atoms with Crippen LogP contribution in [0.4, 0.5) is 5.69 Å². The summed E-state index contributed by atoms with van der Waals surface area (Å²) in [5, 5.41) is 2.92. The van der Waals surface area contributed by atoms with E-state index in [-0.39, 0.29) is 18.1 Å². The lowest BCUT2D eigenvalue weighted by molar-refractivity contribution is -0.120. The summed E-state index contributed by atoms with van der Waals surface area (Å²) in [7, 11) is 1.58. The molecule has 25 heavy (non-hydrogen) atoms. The van der Waals surface area contributed by atoms with Crippen LogP contribution in [-0.2, 0) is 4.79 Å². The standard InChI is InChI=1S/C20H26N2O3/c1-13(2)25-18-11-10-16(24-4)12-17(18)22-20(23)14(3)19(21)15-8-6-5-7-9-15/h5-14,19H,21H2,1-4H3,(H,22,23). The van der Waals surface area contributed by atoms with Crippen molar-refractivity contribution in [3.63, 3.8) is 0 Å². The van der Waals surface area contributed by atoms with E-state index in [1.54, 1.807) is 25.3 Å². The Balaban J connectivity index is 2.18. The number of ether oxygens (including phenoxy) is 2. The Morgan fingerprint density at radius 2 is 1.76 bits per heavy atom. The van der Waals surface area contributed by atoms with Gasteiger partial charge in [-0.2, -0.15) is 0 Å². The predicted octanol–water partition coefficient (Wildman–Crippen LogP) is 3.76. The molecule has 0 bridgehead atoms. The Labute approximate surface area is 149 Å². The summed E-state index contributed by atoms with van der Waals surface area (Å²) in [5.74, 6) is 0.676. The van der Waals surface area contributed by atoms with Crippen LogP contribution < -0.4 is 20.5 Å². The number of anilines is 1. The molecule has 0 aliphatic heterocycles. The molecule has 1 amide bonds. The van der Waals surface area contributed by atoms with Crippen LogP contribution in [0.5, 0.6) is 11.5 Å². The van der Waals surface area contributed by atoms with Gasteiger partial charge in [-0.15, -0.1) is 0 Å². The van der Waals surface area contributed by atoms with Crippen LogP contribution >= 0.6 is 0 Å². The average Bonchev–Trinajstić information content (AvgIpc) is 2.62. The number of hydrogen-bond donors (Lipinski definition) is 2. The first-order valence-electron chi connectivity index (χ1n) is 8.38.